The lowest BCUT2D eigenvalue weighted by Crippen LogP contribution is -2.38. The molecule has 0 saturated carbocycles. The molecule has 4 heteroatoms. The summed E-state index contributed by atoms with van der Waals surface area (Å²) in [4.78, 5) is 24.8. The first-order valence-electron chi connectivity index (χ1n) is 8.48. The second kappa shape index (κ2) is 8.15. The number of carbonyl (C=O) groups excluding carboxylic acids is 2. The molecule has 0 aliphatic heterocycles. The zero-order valence-electron chi connectivity index (χ0n) is 15.5. The number of benzene rings is 1. The predicted octanol–water partition coefficient (Wildman–Crippen LogP) is 3.94. The van der Waals surface area contributed by atoms with E-state index < -0.39 is 11.8 Å². The minimum absolute atomic E-state index is 0.226. The zero-order valence-corrected chi connectivity index (χ0v) is 15.5. The second-order valence-corrected chi connectivity index (χ2v) is 6.60. The molecule has 1 aliphatic carbocycles. The monoisotopic (exact) mass is 342 g/mol. The molecule has 0 radical (unpaired) electrons. The standard InChI is InChI=1S/C21H26O4/c1-13(2)18(15-10-7-6-9-14(15)3)16-11-8-12-17(20(22)24-4)19(16)21(23)25-5/h6-11,16-17,19H,12H2,1-5H3/t16-,17-,19-/m1/s1. The molecule has 0 aromatic heterocycles. The maximum absolute atomic E-state index is 12.6. The first kappa shape index (κ1) is 19.0. The van der Waals surface area contributed by atoms with E-state index >= 15 is 0 Å². The predicted molar refractivity (Wildman–Crippen MR) is 97.7 cm³/mol. The average Bonchev–Trinajstić information content (AvgIpc) is 2.61. The number of methoxy groups -OCH3 is 2. The van der Waals surface area contributed by atoms with E-state index in [0.717, 1.165) is 22.3 Å². The summed E-state index contributed by atoms with van der Waals surface area (Å²) < 4.78 is 9.97. The number of hydrogen-bond acceptors (Lipinski definition) is 4. The van der Waals surface area contributed by atoms with Crippen LogP contribution in [0.5, 0.6) is 0 Å². The number of rotatable bonds is 4. The molecule has 2 rings (SSSR count). The maximum atomic E-state index is 12.6. The van der Waals surface area contributed by atoms with Gasteiger partial charge in [-0.25, -0.2) is 0 Å². The second-order valence-electron chi connectivity index (χ2n) is 6.60. The van der Waals surface area contributed by atoms with Crippen molar-refractivity contribution in [2.75, 3.05) is 14.2 Å². The van der Waals surface area contributed by atoms with Crippen LogP contribution in [0.25, 0.3) is 5.57 Å². The number of hydrogen-bond donors (Lipinski definition) is 0. The van der Waals surface area contributed by atoms with Gasteiger partial charge in [-0.3, -0.25) is 9.59 Å². The fourth-order valence-corrected chi connectivity index (χ4v) is 3.66. The molecule has 0 amide bonds. The van der Waals surface area contributed by atoms with E-state index in [2.05, 4.69) is 19.1 Å². The molecular formula is C21H26O4. The van der Waals surface area contributed by atoms with Gasteiger partial charge in [0.25, 0.3) is 0 Å². The van der Waals surface area contributed by atoms with E-state index in [1.165, 1.54) is 14.2 Å². The first-order valence-corrected chi connectivity index (χ1v) is 8.48. The Morgan fingerprint density at radius 2 is 1.68 bits per heavy atom. The van der Waals surface area contributed by atoms with Gasteiger partial charge in [-0.15, -0.1) is 0 Å². The molecule has 0 N–H and O–H groups in total. The summed E-state index contributed by atoms with van der Waals surface area (Å²) in [5.74, 6) is -2.10. The van der Waals surface area contributed by atoms with Crippen LogP contribution in [0.3, 0.4) is 0 Å². The lowest BCUT2D eigenvalue weighted by molar-refractivity contribution is -0.158. The van der Waals surface area contributed by atoms with Crippen molar-refractivity contribution >= 4 is 17.5 Å². The Bertz CT molecular complexity index is 710. The molecule has 0 saturated heterocycles. The van der Waals surface area contributed by atoms with Crippen molar-refractivity contribution in [1.82, 2.24) is 0 Å². The highest BCUT2D eigenvalue weighted by molar-refractivity contribution is 5.87. The number of carbonyl (C=O) groups is 2. The smallest absolute Gasteiger partial charge is 0.310 e. The van der Waals surface area contributed by atoms with Crippen LogP contribution in [0.15, 0.2) is 42.0 Å². The van der Waals surface area contributed by atoms with Gasteiger partial charge in [-0.05, 0) is 43.9 Å². The highest BCUT2D eigenvalue weighted by atomic mass is 16.5. The summed E-state index contributed by atoms with van der Waals surface area (Å²) in [5.41, 5.74) is 4.41. The summed E-state index contributed by atoms with van der Waals surface area (Å²) in [6.45, 7) is 6.12. The Morgan fingerprint density at radius 3 is 2.24 bits per heavy atom. The third-order valence-electron chi connectivity index (χ3n) is 4.84. The minimum atomic E-state index is -0.591. The molecular weight excluding hydrogens is 316 g/mol. The molecule has 1 aromatic carbocycles. The molecule has 0 heterocycles. The van der Waals surface area contributed by atoms with Crippen molar-refractivity contribution in [3.8, 4) is 0 Å². The van der Waals surface area contributed by atoms with Gasteiger partial charge in [-0.2, -0.15) is 0 Å². The molecule has 0 spiro atoms. The molecule has 0 bridgehead atoms. The fraction of sp³-hybridized carbons (Fsp3) is 0.429. The SMILES string of the molecule is COC(=O)[C@@H]1[C@@H](C(=C(C)C)c2ccccc2C)C=CC[C@H]1C(=O)OC. The van der Waals surface area contributed by atoms with Gasteiger partial charge in [0.15, 0.2) is 0 Å². The Labute approximate surface area is 149 Å². The van der Waals surface area contributed by atoms with Crippen LogP contribution in [-0.4, -0.2) is 26.2 Å². The molecule has 0 fully saturated rings. The number of esters is 2. The van der Waals surface area contributed by atoms with Gasteiger partial charge in [0.2, 0.25) is 0 Å². The highest BCUT2D eigenvalue weighted by Crippen LogP contribution is 2.42. The van der Waals surface area contributed by atoms with Crippen molar-refractivity contribution in [3.63, 3.8) is 0 Å². The molecule has 25 heavy (non-hydrogen) atoms. The van der Waals surface area contributed by atoms with Gasteiger partial charge in [-0.1, -0.05) is 42.0 Å². The number of aryl methyl sites for hydroxylation is 1. The summed E-state index contributed by atoms with van der Waals surface area (Å²) >= 11 is 0. The van der Waals surface area contributed by atoms with Gasteiger partial charge in [0, 0.05) is 5.92 Å². The Hall–Kier alpha value is -2.36. The van der Waals surface area contributed by atoms with Crippen LogP contribution >= 0.6 is 0 Å². The summed E-state index contributed by atoms with van der Waals surface area (Å²) in [7, 11) is 2.72. The molecule has 3 atom stereocenters. The summed E-state index contributed by atoms with van der Waals surface area (Å²) in [6, 6.07) is 8.09. The van der Waals surface area contributed by atoms with E-state index in [-0.39, 0.29) is 17.9 Å². The molecule has 1 aliphatic rings. The quantitative estimate of drug-likeness (QED) is 0.614. The van der Waals surface area contributed by atoms with Crippen molar-refractivity contribution in [3.05, 3.63) is 53.1 Å². The van der Waals surface area contributed by atoms with Crippen LogP contribution in [0.1, 0.15) is 31.4 Å². The van der Waals surface area contributed by atoms with Crippen LogP contribution in [0.2, 0.25) is 0 Å². The van der Waals surface area contributed by atoms with Crippen molar-refractivity contribution in [1.29, 1.82) is 0 Å². The van der Waals surface area contributed by atoms with Gasteiger partial charge < -0.3 is 9.47 Å². The maximum Gasteiger partial charge on any atom is 0.310 e. The number of ether oxygens (including phenoxy) is 2. The average molecular weight is 342 g/mol. The molecule has 4 nitrogen and oxygen atoms in total. The van der Waals surface area contributed by atoms with Gasteiger partial charge in [0.05, 0.1) is 26.1 Å². The lowest BCUT2D eigenvalue weighted by atomic mass is 9.70. The van der Waals surface area contributed by atoms with Crippen LogP contribution in [0.4, 0.5) is 0 Å². The Balaban J connectivity index is 2.59. The third kappa shape index (κ3) is 3.84. The lowest BCUT2D eigenvalue weighted by Gasteiger charge is -2.34. The van der Waals surface area contributed by atoms with E-state index in [0.29, 0.717) is 6.42 Å². The molecule has 1 aromatic rings. The van der Waals surface area contributed by atoms with Gasteiger partial charge in [0.1, 0.15) is 0 Å². The Kier molecular flexibility index (Phi) is 6.18. The largest absolute Gasteiger partial charge is 0.469 e. The number of allylic oxidation sites excluding steroid dienone is 4. The van der Waals surface area contributed by atoms with Gasteiger partial charge >= 0.3 is 11.9 Å². The summed E-state index contributed by atoms with van der Waals surface area (Å²) in [6.07, 6.45) is 4.47. The normalized spacial score (nSPS) is 22.2. The van der Waals surface area contributed by atoms with Crippen molar-refractivity contribution in [2.24, 2.45) is 17.8 Å². The minimum Gasteiger partial charge on any atom is -0.469 e. The third-order valence-corrected chi connectivity index (χ3v) is 4.84. The van der Waals surface area contributed by atoms with Crippen molar-refractivity contribution < 1.29 is 19.1 Å². The topological polar surface area (TPSA) is 52.6 Å². The molecule has 134 valence electrons. The van der Waals surface area contributed by atoms with E-state index in [1.54, 1.807) is 0 Å². The first-order chi connectivity index (χ1) is 11.9. The summed E-state index contributed by atoms with van der Waals surface area (Å²) in [5, 5.41) is 0. The van der Waals surface area contributed by atoms with Crippen LogP contribution < -0.4 is 0 Å². The van der Waals surface area contributed by atoms with Crippen LogP contribution in [-0.2, 0) is 19.1 Å². The van der Waals surface area contributed by atoms with E-state index in [1.807, 2.05) is 38.1 Å². The zero-order chi connectivity index (χ0) is 18.6. The van der Waals surface area contributed by atoms with E-state index in [4.69, 9.17) is 9.47 Å². The van der Waals surface area contributed by atoms with E-state index in [9.17, 15) is 9.59 Å². The van der Waals surface area contributed by atoms with Crippen LogP contribution in [0, 0.1) is 24.7 Å². The Morgan fingerprint density at radius 1 is 1.04 bits per heavy atom. The highest BCUT2D eigenvalue weighted by Gasteiger charge is 2.43. The fourth-order valence-electron chi connectivity index (χ4n) is 3.66. The molecule has 0 unspecified atom stereocenters. The van der Waals surface area contributed by atoms with Crippen molar-refractivity contribution in [2.45, 2.75) is 27.2 Å².